The normalized spacial score (nSPS) is 11.2. The van der Waals surface area contributed by atoms with Crippen molar-refractivity contribution in [1.82, 2.24) is 0 Å². The molecule has 0 atom stereocenters. The first-order valence-electron chi connectivity index (χ1n) is 11.4. The first kappa shape index (κ1) is 32.8. The third-order valence-electron chi connectivity index (χ3n) is 3.71. The minimum Gasteiger partial charge on any atom is -0.379 e. The second-order valence-electron chi connectivity index (χ2n) is 6.67. The Morgan fingerprint density at radius 3 is 0.848 bits per heavy atom. The van der Waals surface area contributed by atoms with Crippen molar-refractivity contribution in [2.75, 3.05) is 104 Å². The summed E-state index contributed by atoms with van der Waals surface area (Å²) in [5.74, 6) is 1.60. The first-order valence-corrected chi connectivity index (χ1v) is 13.4. The lowest BCUT2D eigenvalue weighted by molar-refractivity contribution is -0.109. The van der Waals surface area contributed by atoms with E-state index in [1.54, 1.807) is 13.8 Å². The van der Waals surface area contributed by atoms with E-state index in [4.69, 9.17) is 33.2 Å². The number of carbonyl (C=O) groups excluding carboxylic acids is 2. The van der Waals surface area contributed by atoms with Gasteiger partial charge in [-0.05, 0) is 12.8 Å². The van der Waals surface area contributed by atoms with Gasteiger partial charge in [-0.1, -0.05) is 23.5 Å². The molecule has 33 heavy (non-hydrogen) atoms. The average molecular weight is 515 g/mol. The monoisotopic (exact) mass is 514 g/mol. The molecule has 9 nitrogen and oxygen atoms in total. The van der Waals surface area contributed by atoms with Crippen LogP contribution in [0.1, 0.15) is 26.7 Å². The standard InChI is InChI=1S/C22H42O9S2/c1-21(23)32-19-3-5-25-7-9-27-11-13-29-15-17-31-18-16-30-14-12-28-10-8-26-6-4-20-33-22(2)24/h3-20H2,1-2H3. The number of hydrogen-bond acceptors (Lipinski definition) is 11. The molecular weight excluding hydrogens is 472 g/mol. The van der Waals surface area contributed by atoms with Crippen LogP contribution in [0.25, 0.3) is 0 Å². The van der Waals surface area contributed by atoms with Crippen LogP contribution in [0.5, 0.6) is 0 Å². The maximum Gasteiger partial charge on any atom is 0.185 e. The van der Waals surface area contributed by atoms with Gasteiger partial charge in [-0.2, -0.15) is 0 Å². The molecular formula is C22H42O9S2. The van der Waals surface area contributed by atoms with Crippen molar-refractivity contribution in [3.63, 3.8) is 0 Å². The van der Waals surface area contributed by atoms with Gasteiger partial charge in [0.05, 0.1) is 79.3 Å². The highest BCUT2D eigenvalue weighted by Gasteiger charge is 1.97. The summed E-state index contributed by atoms with van der Waals surface area (Å²) in [4.78, 5) is 21.5. The van der Waals surface area contributed by atoms with E-state index in [0.29, 0.717) is 92.5 Å². The van der Waals surface area contributed by atoms with Crippen LogP contribution < -0.4 is 0 Å². The molecule has 0 saturated heterocycles. The van der Waals surface area contributed by atoms with Crippen molar-refractivity contribution in [2.24, 2.45) is 0 Å². The fraction of sp³-hybridized carbons (Fsp3) is 0.909. The predicted molar refractivity (Wildman–Crippen MR) is 131 cm³/mol. The third kappa shape index (κ3) is 31.8. The molecule has 0 amide bonds. The summed E-state index contributed by atoms with van der Waals surface area (Å²) in [6.45, 7) is 10.8. The van der Waals surface area contributed by atoms with Crippen LogP contribution in [0.3, 0.4) is 0 Å². The Hall–Kier alpha value is -0.240. The molecule has 0 aliphatic carbocycles. The van der Waals surface area contributed by atoms with Crippen molar-refractivity contribution < 1.29 is 42.7 Å². The molecule has 0 aromatic carbocycles. The number of thioether (sulfide) groups is 2. The minimum absolute atomic E-state index is 0.144. The van der Waals surface area contributed by atoms with E-state index >= 15 is 0 Å². The van der Waals surface area contributed by atoms with Gasteiger partial charge in [-0.15, -0.1) is 0 Å². The van der Waals surface area contributed by atoms with Crippen molar-refractivity contribution in [3.8, 4) is 0 Å². The van der Waals surface area contributed by atoms with Gasteiger partial charge in [0.25, 0.3) is 0 Å². The second kappa shape index (κ2) is 28.0. The summed E-state index contributed by atoms with van der Waals surface area (Å²) in [7, 11) is 0. The fourth-order valence-electron chi connectivity index (χ4n) is 2.18. The lowest BCUT2D eigenvalue weighted by Crippen LogP contribution is -2.14. The molecule has 0 bridgehead atoms. The molecule has 0 saturated carbocycles. The summed E-state index contributed by atoms with van der Waals surface area (Å²) < 4.78 is 37.9. The SMILES string of the molecule is CC(=O)SCCCOCCOCCOCCOCCOCCOCCOCCCSC(C)=O. The third-order valence-corrected chi connectivity index (χ3v) is 5.51. The summed E-state index contributed by atoms with van der Waals surface area (Å²) in [5, 5.41) is 0.289. The molecule has 11 heteroatoms. The van der Waals surface area contributed by atoms with Crippen LogP contribution >= 0.6 is 23.5 Å². The largest absolute Gasteiger partial charge is 0.379 e. The molecule has 0 aromatic rings. The smallest absolute Gasteiger partial charge is 0.185 e. The van der Waals surface area contributed by atoms with Crippen molar-refractivity contribution >= 4 is 33.8 Å². The molecule has 0 fully saturated rings. The van der Waals surface area contributed by atoms with Crippen LogP contribution in [-0.2, 0) is 42.7 Å². The Morgan fingerprint density at radius 2 is 0.636 bits per heavy atom. The number of carbonyl (C=O) groups is 2. The highest BCUT2D eigenvalue weighted by atomic mass is 32.2. The van der Waals surface area contributed by atoms with E-state index in [2.05, 4.69) is 0 Å². The van der Waals surface area contributed by atoms with Gasteiger partial charge in [0.15, 0.2) is 10.2 Å². The molecule has 0 aromatic heterocycles. The number of hydrogen-bond donors (Lipinski definition) is 0. The highest BCUT2D eigenvalue weighted by molar-refractivity contribution is 8.13. The molecule has 0 spiro atoms. The van der Waals surface area contributed by atoms with Crippen LogP contribution in [0.15, 0.2) is 0 Å². The summed E-state index contributed by atoms with van der Waals surface area (Å²) in [5.41, 5.74) is 0. The molecule has 0 aliphatic heterocycles. The lowest BCUT2D eigenvalue weighted by atomic mass is 10.5. The van der Waals surface area contributed by atoms with Crippen molar-refractivity contribution in [1.29, 1.82) is 0 Å². The summed E-state index contributed by atoms with van der Waals surface area (Å²) in [6.07, 6.45) is 1.74. The molecule has 0 unspecified atom stereocenters. The van der Waals surface area contributed by atoms with E-state index < -0.39 is 0 Å². The number of ether oxygens (including phenoxy) is 7. The molecule has 0 radical (unpaired) electrons. The Balaban J connectivity index is 3.02. The van der Waals surface area contributed by atoms with Gasteiger partial charge in [0.2, 0.25) is 0 Å². The van der Waals surface area contributed by atoms with Gasteiger partial charge >= 0.3 is 0 Å². The molecule has 0 rings (SSSR count). The summed E-state index contributed by atoms with van der Waals surface area (Å²) in [6, 6.07) is 0. The van der Waals surface area contributed by atoms with Crippen LogP contribution in [0.4, 0.5) is 0 Å². The van der Waals surface area contributed by atoms with Crippen LogP contribution in [0.2, 0.25) is 0 Å². The lowest BCUT2D eigenvalue weighted by Gasteiger charge is -2.08. The van der Waals surface area contributed by atoms with Gasteiger partial charge in [-0.3, -0.25) is 9.59 Å². The maximum atomic E-state index is 10.8. The van der Waals surface area contributed by atoms with Crippen molar-refractivity contribution in [2.45, 2.75) is 26.7 Å². The van der Waals surface area contributed by atoms with Gasteiger partial charge < -0.3 is 33.2 Å². The molecule has 0 aliphatic rings. The summed E-state index contributed by atoms with van der Waals surface area (Å²) >= 11 is 2.65. The first-order chi connectivity index (χ1) is 16.1. The average Bonchev–Trinajstić information content (AvgIpc) is 2.78. The molecule has 0 N–H and O–H groups in total. The van der Waals surface area contributed by atoms with Gasteiger partial charge in [0, 0.05) is 38.6 Å². The Bertz CT molecular complexity index is 404. The van der Waals surface area contributed by atoms with Crippen molar-refractivity contribution in [3.05, 3.63) is 0 Å². The molecule has 0 heterocycles. The Labute approximate surface area is 207 Å². The zero-order valence-corrected chi connectivity index (χ0v) is 21.9. The van der Waals surface area contributed by atoms with E-state index in [0.717, 1.165) is 24.3 Å². The van der Waals surface area contributed by atoms with Crippen LogP contribution in [-0.4, -0.2) is 114 Å². The highest BCUT2D eigenvalue weighted by Crippen LogP contribution is 2.03. The Morgan fingerprint density at radius 1 is 0.424 bits per heavy atom. The Kier molecular flexibility index (Phi) is 27.8. The second-order valence-corrected chi connectivity index (χ2v) is 9.22. The van der Waals surface area contributed by atoms with E-state index in [1.807, 2.05) is 0 Å². The maximum absolute atomic E-state index is 10.8. The van der Waals surface area contributed by atoms with E-state index in [-0.39, 0.29) is 10.2 Å². The van der Waals surface area contributed by atoms with Gasteiger partial charge in [0.1, 0.15) is 0 Å². The zero-order valence-electron chi connectivity index (χ0n) is 20.2. The topological polar surface area (TPSA) is 98.8 Å². The molecule has 196 valence electrons. The van der Waals surface area contributed by atoms with Gasteiger partial charge in [-0.25, -0.2) is 0 Å². The quantitative estimate of drug-likeness (QED) is 0.159. The van der Waals surface area contributed by atoms with E-state index in [9.17, 15) is 9.59 Å². The fourth-order valence-corrected chi connectivity index (χ4v) is 3.27. The predicted octanol–water partition coefficient (Wildman–Crippen LogP) is 2.44. The zero-order chi connectivity index (χ0) is 24.2. The minimum atomic E-state index is 0.144. The van der Waals surface area contributed by atoms with Crippen LogP contribution in [0, 0.1) is 0 Å². The van der Waals surface area contributed by atoms with E-state index in [1.165, 1.54) is 23.5 Å². The number of rotatable bonds is 26.